The summed E-state index contributed by atoms with van der Waals surface area (Å²) in [5.74, 6) is -0.415. The van der Waals surface area contributed by atoms with Gasteiger partial charge in [0.1, 0.15) is 6.61 Å². The van der Waals surface area contributed by atoms with Crippen molar-refractivity contribution in [2.24, 2.45) is 0 Å². The first-order valence-electron chi connectivity index (χ1n) is 11.7. The molecule has 196 valence electrons. The zero-order valence-corrected chi connectivity index (χ0v) is 21.5. The van der Waals surface area contributed by atoms with E-state index in [1.54, 1.807) is 13.8 Å². The molecule has 33 heavy (non-hydrogen) atoms. The summed E-state index contributed by atoms with van der Waals surface area (Å²) in [6.07, 6.45) is -0.915. The van der Waals surface area contributed by atoms with Crippen LogP contribution in [0.1, 0.15) is 48.5 Å². The van der Waals surface area contributed by atoms with Crippen LogP contribution in [-0.2, 0) is 38.0 Å². The lowest BCUT2D eigenvalue weighted by atomic mass is 10.3. The van der Waals surface area contributed by atoms with Gasteiger partial charge in [-0.05, 0) is 48.5 Å². The van der Waals surface area contributed by atoms with Crippen LogP contribution in [-0.4, -0.2) is 101 Å². The highest BCUT2D eigenvalue weighted by Gasteiger charge is 2.13. The summed E-state index contributed by atoms with van der Waals surface area (Å²) in [6, 6.07) is 0. The van der Waals surface area contributed by atoms with E-state index in [-0.39, 0.29) is 37.1 Å². The summed E-state index contributed by atoms with van der Waals surface area (Å²) < 4.78 is 38.9. The van der Waals surface area contributed by atoms with Gasteiger partial charge in [-0.25, -0.2) is 4.79 Å². The van der Waals surface area contributed by atoms with Crippen molar-refractivity contribution in [2.75, 3.05) is 52.9 Å². The van der Waals surface area contributed by atoms with Gasteiger partial charge in [0.2, 0.25) is 0 Å². The molecule has 9 heteroatoms. The summed E-state index contributed by atoms with van der Waals surface area (Å²) in [5.41, 5.74) is 0.369. The van der Waals surface area contributed by atoms with Crippen molar-refractivity contribution >= 4 is 5.97 Å². The van der Waals surface area contributed by atoms with E-state index < -0.39 is 12.1 Å². The minimum absolute atomic E-state index is 0.0732. The summed E-state index contributed by atoms with van der Waals surface area (Å²) in [4.78, 5) is 11.3. The molecule has 0 aliphatic rings. The number of hydrogen-bond acceptors (Lipinski definition) is 9. The fourth-order valence-electron chi connectivity index (χ4n) is 2.31. The van der Waals surface area contributed by atoms with Gasteiger partial charge >= 0.3 is 5.97 Å². The molecular weight excluding hydrogens is 432 g/mol. The van der Waals surface area contributed by atoms with E-state index in [9.17, 15) is 9.90 Å². The Morgan fingerprint density at radius 2 is 1.03 bits per heavy atom. The van der Waals surface area contributed by atoms with Gasteiger partial charge in [0.25, 0.3) is 0 Å². The second kappa shape index (κ2) is 19.3. The number of esters is 1. The smallest absolute Gasteiger partial charge is 0.333 e. The van der Waals surface area contributed by atoms with Gasteiger partial charge in [-0.3, -0.25) is 0 Å². The van der Waals surface area contributed by atoms with Gasteiger partial charge < -0.3 is 38.3 Å². The third-order valence-electron chi connectivity index (χ3n) is 4.25. The molecule has 0 rings (SSSR count). The Hall–Kier alpha value is -1.07. The lowest BCUT2D eigenvalue weighted by Gasteiger charge is -2.22. The number of carbonyl (C=O) groups excluding carboxylic acids is 1. The van der Waals surface area contributed by atoms with Crippen LogP contribution in [0.4, 0.5) is 0 Å². The molecule has 0 saturated heterocycles. The minimum atomic E-state index is -0.483. The average molecular weight is 479 g/mol. The third kappa shape index (κ3) is 20.1. The predicted molar refractivity (Wildman–Crippen MR) is 125 cm³/mol. The van der Waals surface area contributed by atoms with Crippen molar-refractivity contribution < 1.29 is 43.1 Å². The van der Waals surface area contributed by atoms with Crippen LogP contribution >= 0.6 is 0 Å². The van der Waals surface area contributed by atoms with Crippen LogP contribution in [0.3, 0.4) is 0 Å². The van der Waals surface area contributed by atoms with Crippen LogP contribution < -0.4 is 0 Å². The zero-order chi connectivity index (χ0) is 25.2. The Balaban J connectivity index is 3.75. The Labute approximate surface area is 199 Å². The normalized spacial score (nSPS) is 17.1. The van der Waals surface area contributed by atoms with E-state index in [0.717, 1.165) is 0 Å². The Bertz CT molecular complexity index is 512. The standard InChI is InChI=1S/C24H46O9/c1-17(2)24(26)28-10-9-27-12-19(4)30-14-21(6)32-16-23(8)33-15-22(7)31-13-20(5)29-11-18(3)25/h18-23,25H,1,9-16H2,2-8H3. The highest BCUT2D eigenvalue weighted by atomic mass is 16.6. The molecule has 0 heterocycles. The molecule has 0 aliphatic carbocycles. The molecule has 0 aromatic carbocycles. The zero-order valence-electron chi connectivity index (χ0n) is 21.5. The number of ether oxygens (including phenoxy) is 7. The molecule has 0 radical (unpaired) electrons. The van der Waals surface area contributed by atoms with E-state index in [0.29, 0.717) is 51.8 Å². The number of carbonyl (C=O) groups is 1. The monoisotopic (exact) mass is 478 g/mol. The van der Waals surface area contributed by atoms with Gasteiger partial charge in [-0.2, -0.15) is 0 Å². The Morgan fingerprint density at radius 1 is 0.667 bits per heavy atom. The average Bonchev–Trinajstić information content (AvgIpc) is 2.76. The third-order valence-corrected chi connectivity index (χ3v) is 4.25. The fraction of sp³-hybridized carbons (Fsp3) is 0.875. The molecule has 0 fully saturated rings. The summed E-state index contributed by atoms with van der Waals surface area (Å²) in [5, 5.41) is 9.23. The predicted octanol–water partition coefficient (Wildman–Crippen LogP) is 2.53. The fourth-order valence-corrected chi connectivity index (χ4v) is 2.31. The topological polar surface area (TPSA) is 102 Å². The molecule has 0 aromatic heterocycles. The van der Waals surface area contributed by atoms with Crippen LogP contribution in [0.2, 0.25) is 0 Å². The quantitative estimate of drug-likeness (QED) is 0.151. The van der Waals surface area contributed by atoms with E-state index in [4.69, 9.17) is 33.2 Å². The Morgan fingerprint density at radius 3 is 1.39 bits per heavy atom. The van der Waals surface area contributed by atoms with Crippen LogP contribution in [0.15, 0.2) is 12.2 Å². The van der Waals surface area contributed by atoms with E-state index in [1.165, 1.54) is 0 Å². The summed E-state index contributed by atoms with van der Waals surface area (Å²) >= 11 is 0. The molecule has 6 unspecified atom stereocenters. The first kappa shape index (κ1) is 31.9. The SMILES string of the molecule is C=C(C)C(=O)OCCOCC(C)OCC(C)OCC(C)OCC(C)OCC(C)OCC(C)O. The molecule has 0 saturated carbocycles. The highest BCUT2D eigenvalue weighted by Crippen LogP contribution is 2.04. The number of aliphatic hydroxyl groups is 1. The van der Waals surface area contributed by atoms with Crippen molar-refractivity contribution in [3.05, 3.63) is 12.2 Å². The highest BCUT2D eigenvalue weighted by molar-refractivity contribution is 5.86. The van der Waals surface area contributed by atoms with Gasteiger partial charge in [0.15, 0.2) is 0 Å². The molecule has 6 atom stereocenters. The molecule has 0 spiro atoms. The maximum atomic E-state index is 11.3. The maximum Gasteiger partial charge on any atom is 0.333 e. The lowest BCUT2D eigenvalue weighted by Crippen LogP contribution is -2.29. The van der Waals surface area contributed by atoms with Gasteiger partial charge in [0, 0.05) is 5.57 Å². The second-order valence-electron chi connectivity index (χ2n) is 8.56. The number of rotatable bonds is 21. The Kier molecular flexibility index (Phi) is 18.6. The van der Waals surface area contributed by atoms with Crippen LogP contribution in [0.5, 0.6) is 0 Å². The molecule has 0 aliphatic heterocycles. The first-order valence-corrected chi connectivity index (χ1v) is 11.7. The van der Waals surface area contributed by atoms with E-state index in [1.807, 2.05) is 34.6 Å². The molecular formula is C24H46O9. The molecule has 0 amide bonds. The summed E-state index contributed by atoms with van der Waals surface area (Å²) in [6.45, 7) is 19.4. The van der Waals surface area contributed by atoms with Gasteiger partial charge in [-0.1, -0.05) is 6.58 Å². The van der Waals surface area contributed by atoms with Gasteiger partial charge in [-0.15, -0.1) is 0 Å². The van der Waals surface area contributed by atoms with Crippen LogP contribution in [0, 0.1) is 0 Å². The van der Waals surface area contributed by atoms with Crippen molar-refractivity contribution in [3.8, 4) is 0 Å². The van der Waals surface area contributed by atoms with Gasteiger partial charge in [0.05, 0.1) is 82.9 Å². The maximum absolute atomic E-state index is 11.3. The minimum Gasteiger partial charge on any atom is -0.460 e. The largest absolute Gasteiger partial charge is 0.460 e. The molecule has 9 nitrogen and oxygen atoms in total. The molecule has 0 aromatic rings. The van der Waals surface area contributed by atoms with Crippen molar-refractivity contribution in [3.63, 3.8) is 0 Å². The van der Waals surface area contributed by atoms with Crippen molar-refractivity contribution in [1.29, 1.82) is 0 Å². The lowest BCUT2D eigenvalue weighted by molar-refractivity contribution is -0.141. The van der Waals surface area contributed by atoms with E-state index in [2.05, 4.69) is 6.58 Å². The second-order valence-corrected chi connectivity index (χ2v) is 8.56. The molecule has 0 bridgehead atoms. The number of hydrogen-bond donors (Lipinski definition) is 1. The van der Waals surface area contributed by atoms with Crippen molar-refractivity contribution in [2.45, 2.75) is 85.1 Å². The summed E-state index contributed by atoms with van der Waals surface area (Å²) in [7, 11) is 0. The van der Waals surface area contributed by atoms with Crippen molar-refractivity contribution in [1.82, 2.24) is 0 Å². The number of aliphatic hydroxyl groups excluding tert-OH is 1. The molecule has 1 N–H and O–H groups in total. The van der Waals surface area contributed by atoms with E-state index >= 15 is 0 Å². The first-order chi connectivity index (χ1) is 15.5. The van der Waals surface area contributed by atoms with Crippen LogP contribution in [0.25, 0.3) is 0 Å².